The fourth-order valence-corrected chi connectivity index (χ4v) is 4.88. The Labute approximate surface area is 174 Å². The third kappa shape index (κ3) is 4.60. The number of carbonyl (C=O) groups is 1. The Morgan fingerprint density at radius 3 is 2.37 bits per heavy atom. The van der Waals surface area contributed by atoms with E-state index in [0.29, 0.717) is 12.1 Å². The van der Waals surface area contributed by atoms with Gasteiger partial charge in [-0.3, -0.25) is 4.79 Å². The van der Waals surface area contributed by atoms with Crippen LogP contribution in [0.5, 0.6) is 0 Å². The first kappa shape index (κ1) is 22.5. The molecule has 3 rings (SSSR count). The molecular weight excluding hydrogens is 451 g/mol. The zero-order valence-electron chi connectivity index (χ0n) is 15.0. The predicted octanol–water partition coefficient (Wildman–Crippen LogP) is 1.90. The van der Waals surface area contributed by atoms with Crippen LogP contribution in [-0.2, 0) is 14.6 Å². The van der Waals surface area contributed by atoms with Gasteiger partial charge in [-0.2, -0.15) is 0 Å². The van der Waals surface area contributed by atoms with Crippen molar-refractivity contribution in [2.75, 3.05) is 17.7 Å². The maximum Gasteiger partial charge on any atom is 0.255 e. The first-order valence-electron chi connectivity index (χ1n) is 8.45. The number of aliphatic hydroxyl groups excluding tert-OH is 2. The van der Waals surface area contributed by atoms with Crippen molar-refractivity contribution in [1.82, 2.24) is 0 Å². The van der Waals surface area contributed by atoms with Crippen molar-refractivity contribution in [2.45, 2.75) is 23.2 Å². The maximum atomic E-state index is 13.3. The largest absolute Gasteiger partial charge is 0.388 e. The number of benzene rings is 2. The molecule has 1 aliphatic heterocycles. The molecule has 3 N–H and O–H groups in total. The molecule has 7 nitrogen and oxygen atoms in total. The van der Waals surface area contributed by atoms with Crippen LogP contribution < -0.4 is 5.32 Å². The highest BCUT2D eigenvalue weighted by molar-refractivity contribution is 7.91. The zero-order valence-corrected chi connectivity index (χ0v) is 16.6. The maximum absolute atomic E-state index is 13.3. The molecule has 3 atom stereocenters. The van der Waals surface area contributed by atoms with E-state index in [2.05, 4.69) is 5.32 Å². The summed E-state index contributed by atoms with van der Waals surface area (Å²) >= 11 is 5.95. The lowest BCUT2D eigenvalue weighted by molar-refractivity contribution is 0.0330. The first-order chi connectivity index (χ1) is 14.0. The topological polar surface area (TPSA) is 113 Å². The Bertz CT molecular complexity index is 1070. The van der Waals surface area contributed by atoms with Gasteiger partial charge in [0.2, 0.25) is 0 Å². The number of carbonyl (C=O) groups excluding carboxylic acids is 1. The Hall–Kier alpha value is -2.18. The van der Waals surface area contributed by atoms with Crippen LogP contribution in [-0.4, -0.2) is 55.2 Å². The number of nitrogens with one attached hydrogen (secondary N) is 1. The van der Waals surface area contributed by atoms with Crippen molar-refractivity contribution < 1.29 is 41.3 Å². The van der Waals surface area contributed by atoms with E-state index < -0.39 is 62.2 Å². The molecule has 1 amide bonds. The minimum atomic E-state index is -4.16. The molecule has 0 unspecified atom stereocenters. The van der Waals surface area contributed by atoms with Crippen LogP contribution in [0.4, 0.5) is 18.9 Å². The van der Waals surface area contributed by atoms with Crippen LogP contribution in [0.15, 0.2) is 35.2 Å². The van der Waals surface area contributed by atoms with E-state index in [-0.39, 0.29) is 22.9 Å². The lowest BCUT2D eigenvalue weighted by atomic mass is 10.2. The van der Waals surface area contributed by atoms with Crippen molar-refractivity contribution in [3.8, 4) is 0 Å². The molecule has 1 aliphatic rings. The van der Waals surface area contributed by atoms with Crippen molar-refractivity contribution >= 4 is 33.0 Å². The highest BCUT2D eigenvalue weighted by Crippen LogP contribution is 2.27. The normalized spacial score (nSPS) is 21.6. The van der Waals surface area contributed by atoms with Gasteiger partial charge in [-0.05, 0) is 18.2 Å². The fourth-order valence-electron chi connectivity index (χ4n) is 2.83. The summed E-state index contributed by atoms with van der Waals surface area (Å²) in [5.41, 5.74) is -0.594. The van der Waals surface area contributed by atoms with Crippen LogP contribution >= 0.6 is 11.6 Å². The van der Waals surface area contributed by atoms with Crippen molar-refractivity contribution in [2.24, 2.45) is 0 Å². The van der Waals surface area contributed by atoms with Gasteiger partial charge in [-0.1, -0.05) is 11.6 Å². The monoisotopic (exact) mass is 465 g/mol. The Morgan fingerprint density at radius 1 is 1.17 bits per heavy atom. The number of hydrogen-bond donors (Lipinski definition) is 3. The molecule has 0 spiro atoms. The van der Waals surface area contributed by atoms with E-state index in [4.69, 9.17) is 16.3 Å². The second kappa shape index (κ2) is 8.52. The summed E-state index contributed by atoms with van der Waals surface area (Å²) < 4.78 is 70.1. The Balaban J connectivity index is 1.85. The summed E-state index contributed by atoms with van der Waals surface area (Å²) in [6, 6.07) is 4.39. The summed E-state index contributed by atoms with van der Waals surface area (Å²) in [6.07, 6.45) is -3.83. The molecule has 1 saturated heterocycles. The predicted molar refractivity (Wildman–Crippen MR) is 99.5 cm³/mol. The molecule has 0 aliphatic carbocycles. The molecule has 0 bridgehead atoms. The summed E-state index contributed by atoms with van der Waals surface area (Å²) in [5.74, 6) is -6.36. The van der Waals surface area contributed by atoms with Crippen molar-refractivity contribution in [1.29, 1.82) is 0 Å². The minimum absolute atomic E-state index is 0.210. The Morgan fingerprint density at radius 2 is 1.80 bits per heavy atom. The third-order valence-corrected chi connectivity index (χ3v) is 6.63. The fraction of sp³-hybridized carbons (Fsp3) is 0.278. The van der Waals surface area contributed by atoms with Crippen LogP contribution in [0.25, 0.3) is 0 Å². The van der Waals surface area contributed by atoms with Crippen molar-refractivity contribution in [3.05, 3.63) is 58.4 Å². The lowest BCUT2D eigenvalue weighted by Crippen LogP contribution is -2.35. The lowest BCUT2D eigenvalue weighted by Gasteiger charge is -2.16. The van der Waals surface area contributed by atoms with Gasteiger partial charge in [0.15, 0.2) is 27.3 Å². The van der Waals surface area contributed by atoms with Gasteiger partial charge in [-0.25, -0.2) is 21.6 Å². The molecule has 12 heteroatoms. The van der Waals surface area contributed by atoms with Gasteiger partial charge in [0.25, 0.3) is 5.91 Å². The molecule has 2 aromatic rings. The standard InChI is InChI=1S/C18H15ClF3NO6S/c19-10-2-1-8(18(26)23-9-4-11(20)16(22)12(21)5-9)3-15(10)30(27,28)7-14-17(25)13(24)6-29-14/h1-5,13-14,17,24-25H,6-7H2,(H,23,26)/t13-,14+,17-/m0/s1. The van der Waals surface area contributed by atoms with Crippen molar-refractivity contribution in [3.63, 3.8) is 0 Å². The smallest absolute Gasteiger partial charge is 0.255 e. The number of rotatable bonds is 5. The second-order valence-corrected chi connectivity index (χ2v) is 8.97. The van der Waals surface area contributed by atoms with E-state index in [1.165, 1.54) is 6.07 Å². The number of hydrogen-bond acceptors (Lipinski definition) is 6. The van der Waals surface area contributed by atoms with Gasteiger partial charge in [0, 0.05) is 23.4 Å². The molecule has 1 heterocycles. The van der Waals surface area contributed by atoms with Gasteiger partial charge >= 0.3 is 0 Å². The average Bonchev–Trinajstić information content (AvgIpc) is 2.97. The molecule has 162 valence electrons. The van der Waals surface area contributed by atoms with E-state index in [1.807, 2.05) is 0 Å². The van der Waals surface area contributed by atoms with Gasteiger partial charge < -0.3 is 20.3 Å². The number of aliphatic hydroxyl groups is 2. The number of ether oxygens (including phenoxy) is 1. The van der Waals surface area contributed by atoms with E-state index in [9.17, 15) is 36.6 Å². The van der Waals surface area contributed by atoms with Crippen LogP contribution in [0.2, 0.25) is 5.02 Å². The molecule has 2 aromatic carbocycles. The van der Waals surface area contributed by atoms with E-state index in [0.717, 1.165) is 12.1 Å². The quantitative estimate of drug-likeness (QED) is 0.581. The number of halogens is 4. The molecule has 0 saturated carbocycles. The van der Waals surface area contributed by atoms with Gasteiger partial charge in [0.05, 0.1) is 22.3 Å². The van der Waals surface area contributed by atoms with Crippen LogP contribution in [0.3, 0.4) is 0 Å². The molecule has 0 aromatic heterocycles. The summed E-state index contributed by atoms with van der Waals surface area (Å²) in [6.45, 7) is -0.234. The third-order valence-electron chi connectivity index (χ3n) is 4.41. The minimum Gasteiger partial charge on any atom is -0.388 e. The molecular formula is C18H15ClF3NO6S. The molecule has 0 radical (unpaired) electrons. The summed E-state index contributed by atoms with van der Waals surface area (Å²) in [4.78, 5) is 11.9. The highest BCUT2D eigenvalue weighted by Gasteiger charge is 2.38. The number of sulfone groups is 1. The van der Waals surface area contributed by atoms with Gasteiger partial charge in [-0.15, -0.1) is 0 Å². The summed E-state index contributed by atoms with van der Waals surface area (Å²) in [5, 5.41) is 21.2. The Kier molecular flexibility index (Phi) is 6.39. The summed E-state index contributed by atoms with van der Waals surface area (Å²) in [7, 11) is -4.16. The second-order valence-electron chi connectivity index (χ2n) is 6.56. The highest BCUT2D eigenvalue weighted by atomic mass is 35.5. The van der Waals surface area contributed by atoms with E-state index in [1.54, 1.807) is 0 Å². The molecule has 30 heavy (non-hydrogen) atoms. The number of amides is 1. The van der Waals surface area contributed by atoms with E-state index >= 15 is 0 Å². The van der Waals surface area contributed by atoms with Crippen LogP contribution in [0.1, 0.15) is 10.4 Å². The molecule has 1 fully saturated rings. The SMILES string of the molecule is O=C(Nc1cc(F)c(F)c(F)c1)c1ccc(Cl)c(S(=O)(=O)C[C@H]2OC[C@H](O)[C@@H]2O)c1. The first-order valence-corrected chi connectivity index (χ1v) is 10.5. The zero-order chi connectivity index (χ0) is 22.2. The average molecular weight is 466 g/mol. The number of anilines is 1. The van der Waals surface area contributed by atoms with Gasteiger partial charge in [0.1, 0.15) is 18.3 Å². The van der Waals surface area contributed by atoms with Crippen LogP contribution in [0, 0.1) is 17.5 Å².